The molecule has 0 heterocycles. The second kappa shape index (κ2) is 6.53. The lowest BCUT2D eigenvalue weighted by Gasteiger charge is -2.12. The summed E-state index contributed by atoms with van der Waals surface area (Å²) in [5.74, 6) is 0. The third kappa shape index (κ3) is 3.80. The van der Waals surface area contributed by atoms with Crippen molar-refractivity contribution in [2.45, 2.75) is 44.9 Å². The van der Waals surface area contributed by atoms with E-state index in [9.17, 15) is 0 Å². The zero-order valence-electron chi connectivity index (χ0n) is 10.3. The van der Waals surface area contributed by atoms with Gasteiger partial charge in [-0.1, -0.05) is 40.9 Å². The van der Waals surface area contributed by atoms with E-state index in [-0.39, 0.29) is 0 Å². The number of rotatable bonds is 5. The van der Waals surface area contributed by atoms with Gasteiger partial charge in [-0.3, -0.25) is 0 Å². The van der Waals surface area contributed by atoms with Crippen LogP contribution in [0.25, 0.3) is 0 Å². The van der Waals surface area contributed by atoms with Gasteiger partial charge in [0.05, 0.1) is 12.7 Å². The molecule has 0 amide bonds. The molecule has 0 aliphatic heterocycles. The predicted octanol–water partition coefficient (Wildman–Crippen LogP) is 3.63. The summed E-state index contributed by atoms with van der Waals surface area (Å²) in [5, 5.41) is 3.16. The zero-order chi connectivity index (χ0) is 12.1. The lowest BCUT2D eigenvalue weighted by Crippen LogP contribution is -2.08. The molecule has 1 aromatic rings. The fourth-order valence-electron chi connectivity index (χ4n) is 2.28. The van der Waals surface area contributed by atoms with Gasteiger partial charge in [0.1, 0.15) is 0 Å². The molecule has 1 aliphatic rings. The van der Waals surface area contributed by atoms with Crippen LogP contribution >= 0.6 is 15.9 Å². The average molecular weight is 298 g/mol. The molecule has 0 unspecified atom stereocenters. The van der Waals surface area contributed by atoms with Crippen LogP contribution in [0.3, 0.4) is 0 Å². The third-order valence-corrected chi connectivity index (χ3v) is 4.01. The van der Waals surface area contributed by atoms with Crippen molar-refractivity contribution in [1.29, 1.82) is 0 Å². The van der Waals surface area contributed by atoms with E-state index < -0.39 is 0 Å². The molecule has 0 radical (unpaired) electrons. The van der Waals surface area contributed by atoms with E-state index in [1.54, 1.807) is 0 Å². The Morgan fingerprint density at radius 1 is 1.35 bits per heavy atom. The monoisotopic (exact) mass is 297 g/mol. The first kappa shape index (κ1) is 13.1. The minimum Gasteiger partial charge on any atom is -0.374 e. The Labute approximate surface area is 112 Å². The summed E-state index contributed by atoms with van der Waals surface area (Å²) in [6, 6.07) is 6.49. The maximum atomic E-state index is 5.92. The van der Waals surface area contributed by atoms with Crippen molar-refractivity contribution in [1.82, 2.24) is 5.32 Å². The summed E-state index contributed by atoms with van der Waals surface area (Å²) < 4.78 is 7.08. The molecule has 94 valence electrons. The smallest absolute Gasteiger partial charge is 0.0731 e. The summed E-state index contributed by atoms with van der Waals surface area (Å²) in [4.78, 5) is 0. The molecule has 0 spiro atoms. The van der Waals surface area contributed by atoms with Gasteiger partial charge < -0.3 is 10.1 Å². The molecule has 2 rings (SSSR count). The first-order valence-corrected chi connectivity index (χ1v) is 7.12. The largest absolute Gasteiger partial charge is 0.374 e. The molecular weight excluding hydrogens is 278 g/mol. The number of ether oxygens (including phenoxy) is 1. The number of benzene rings is 1. The van der Waals surface area contributed by atoms with Crippen LogP contribution in [0.4, 0.5) is 0 Å². The normalized spacial score (nSPS) is 16.6. The number of hydrogen-bond acceptors (Lipinski definition) is 2. The van der Waals surface area contributed by atoms with Gasteiger partial charge in [-0.05, 0) is 37.1 Å². The second-order valence-electron chi connectivity index (χ2n) is 4.67. The third-order valence-electron chi connectivity index (χ3n) is 3.28. The number of nitrogens with one attached hydrogen (secondary N) is 1. The van der Waals surface area contributed by atoms with Crippen molar-refractivity contribution in [3.05, 3.63) is 33.8 Å². The summed E-state index contributed by atoms with van der Waals surface area (Å²) >= 11 is 3.62. The van der Waals surface area contributed by atoms with Gasteiger partial charge in [0.2, 0.25) is 0 Å². The predicted molar refractivity (Wildman–Crippen MR) is 74.0 cm³/mol. The summed E-state index contributed by atoms with van der Waals surface area (Å²) in [7, 11) is 1.96. The van der Waals surface area contributed by atoms with Crippen LogP contribution < -0.4 is 5.32 Å². The zero-order valence-corrected chi connectivity index (χ0v) is 11.9. The quantitative estimate of drug-likeness (QED) is 0.896. The van der Waals surface area contributed by atoms with Gasteiger partial charge in [0, 0.05) is 11.0 Å². The molecule has 2 nitrogen and oxygen atoms in total. The summed E-state index contributed by atoms with van der Waals surface area (Å²) in [5.41, 5.74) is 2.54. The molecule has 1 aliphatic carbocycles. The first-order chi connectivity index (χ1) is 8.29. The van der Waals surface area contributed by atoms with Crippen LogP contribution in [0, 0.1) is 0 Å². The molecule has 0 bridgehead atoms. The minimum atomic E-state index is 0.485. The minimum absolute atomic E-state index is 0.485. The molecule has 17 heavy (non-hydrogen) atoms. The van der Waals surface area contributed by atoms with Gasteiger partial charge in [-0.25, -0.2) is 0 Å². The standard InChI is InChI=1S/C14H20BrNO/c1-16-9-11-6-7-12(14(15)8-11)10-17-13-4-2-3-5-13/h6-8,13,16H,2-5,9-10H2,1H3. The molecule has 3 heteroatoms. The fraction of sp³-hybridized carbons (Fsp3) is 0.571. The van der Waals surface area contributed by atoms with E-state index in [1.165, 1.54) is 36.8 Å². The second-order valence-corrected chi connectivity index (χ2v) is 5.53. The SMILES string of the molecule is CNCc1ccc(COC2CCCC2)c(Br)c1. The Kier molecular flexibility index (Phi) is 5.01. The van der Waals surface area contributed by atoms with Crippen molar-refractivity contribution >= 4 is 15.9 Å². The molecule has 1 aromatic carbocycles. The number of hydrogen-bond donors (Lipinski definition) is 1. The van der Waals surface area contributed by atoms with Crippen LogP contribution in [0.15, 0.2) is 22.7 Å². The van der Waals surface area contributed by atoms with Gasteiger partial charge in [-0.15, -0.1) is 0 Å². The summed E-state index contributed by atoms with van der Waals surface area (Å²) in [6.07, 6.45) is 5.60. The van der Waals surface area contributed by atoms with E-state index in [4.69, 9.17) is 4.74 Å². The van der Waals surface area contributed by atoms with E-state index in [1.807, 2.05) is 7.05 Å². The van der Waals surface area contributed by atoms with Crippen molar-refractivity contribution < 1.29 is 4.74 Å². The van der Waals surface area contributed by atoms with Crippen molar-refractivity contribution in [3.63, 3.8) is 0 Å². The Bertz CT molecular complexity index is 361. The van der Waals surface area contributed by atoms with Crippen LogP contribution in [0.5, 0.6) is 0 Å². The van der Waals surface area contributed by atoms with E-state index >= 15 is 0 Å². The van der Waals surface area contributed by atoms with Crippen molar-refractivity contribution in [2.75, 3.05) is 7.05 Å². The van der Waals surface area contributed by atoms with Crippen LogP contribution in [-0.2, 0) is 17.9 Å². The molecule has 0 aromatic heterocycles. The highest BCUT2D eigenvalue weighted by molar-refractivity contribution is 9.10. The average Bonchev–Trinajstić information content (AvgIpc) is 2.81. The highest BCUT2D eigenvalue weighted by atomic mass is 79.9. The molecule has 0 saturated heterocycles. The molecule has 1 saturated carbocycles. The van der Waals surface area contributed by atoms with E-state index in [2.05, 4.69) is 39.4 Å². The Morgan fingerprint density at radius 3 is 2.76 bits per heavy atom. The Balaban J connectivity index is 1.91. The molecule has 0 atom stereocenters. The van der Waals surface area contributed by atoms with Gasteiger partial charge in [-0.2, -0.15) is 0 Å². The molecule has 1 N–H and O–H groups in total. The topological polar surface area (TPSA) is 21.3 Å². The lowest BCUT2D eigenvalue weighted by molar-refractivity contribution is 0.0454. The Hall–Kier alpha value is -0.380. The Morgan fingerprint density at radius 2 is 2.12 bits per heavy atom. The van der Waals surface area contributed by atoms with Crippen molar-refractivity contribution in [2.24, 2.45) is 0 Å². The van der Waals surface area contributed by atoms with Crippen LogP contribution in [-0.4, -0.2) is 13.2 Å². The van der Waals surface area contributed by atoms with E-state index in [0.717, 1.165) is 17.6 Å². The van der Waals surface area contributed by atoms with Gasteiger partial charge in [0.25, 0.3) is 0 Å². The maximum Gasteiger partial charge on any atom is 0.0731 e. The highest BCUT2D eigenvalue weighted by Crippen LogP contribution is 2.24. The first-order valence-electron chi connectivity index (χ1n) is 6.33. The molecular formula is C14H20BrNO. The van der Waals surface area contributed by atoms with E-state index in [0.29, 0.717) is 6.10 Å². The number of halogens is 1. The van der Waals surface area contributed by atoms with Gasteiger partial charge in [0.15, 0.2) is 0 Å². The lowest BCUT2D eigenvalue weighted by atomic mass is 10.1. The fourth-order valence-corrected chi connectivity index (χ4v) is 2.83. The van der Waals surface area contributed by atoms with Crippen LogP contribution in [0.2, 0.25) is 0 Å². The highest BCUT2D eigenvalue weighted by Gasteiger charge is 2.15. The van der Waals surface area contributed by atoms with Crippen LogP contribution in [0.1, 0.15) is 36.8 Å². The maximum absolute atomic E-state index is 5.92. The van der Waals surface area contributed by atoms with Gasteiger partial charge >= 0.3 is 0 Å². The summed E-state index contributed by atoms with van der Waals surface area (Å²) in [6.45, 7) is 1.63. The van der Waals surface area contributed by atoms with Crippen molar-refractivity contribution in [3.8, 4) is 0 Å². The molecule has 1 fully saturated rings.